The van der Waals surface area contributed by atoms with Gasteiger partial charge in [0.2, 0.25) is 0 Å². The molecule has 0 bridgehead atoms. The lowest BCUT2D eigenvalue weighted by Crippen LogP contribution is -2.30. The Morgan fingerprint density at radius 3 is 2.83 bits per heavy atom. The zero-order chi connectivity index (χ0) is 13.3. The minimum atomic E-state index is -4.59. The van der Waals surface area contributed by atoms with E-state index in [2.05, 4.69) is 9.97 Å². The highest BCUT2D eigenvalue weighted by Gasteiger charge is 2.38. The van der Waals surface area contributed by atoms with Gasteiger partial charge in [-0.2, -0.15) is 13.2 Å². The minimum absolute atomic E-state index is 0.466. The van der Waals surface area contributed by atoms with Gasteiger partial charge in [-0.05, 0) is 17.9 Å². The first-order valence-electron chi connectivity index (χ1n) is 4.96. The predicted octanol–water partition coefficient (Wildman–Crippen LogP) is 3.02. The number of aromatic nitrogens is 2. The highest BCUT2D eigenvalue weighted by Crippen LogP contribution is 2.33. The van der Waals surface area contributed by atoms with E-state index in [0.29, 0.717) is 5.03 Å². The van der Waals surface area contributed by atoms with Gasteiger partial charge in [-0.15, -0.1) is 23.1 Å². The number of aliphatic hydroxyl groups excluding tert-OH is 1. The van der Waals surface area contributed by atoms with E-state index < -0.39 is 18.0 Å². The van der Waals surface area contributed by atoms with Crippen LogP contribution in [0.25, 0.3) is 10.2 Å². The van der Waals surface area contributed by atoms with Crippen molar-refractivity contribution in [1.82, 2.24) is 9.97 Å². The van der Waals surface area contributed by atoms with Gasteiger partial charge in [0.15, 0.2) is 6.10 Å². The van der Waals surface area contributed by atoms with Crippen LogP contribution in [0.1, 0.15) is 5.56 Å². The lowest BCUT2D eigenvalue weighted by Gasteiger charge is -2.13. The van der Waals surface area contributed by atoms with E-state index in [9.17, 15) is 13.2 Å². The van der Waals surface area contributed by atoms with Crippen molar-refractivity contribution in [2.45, 2.75) is 24.2 Å². The molecule has 0 amide bonds. The van der Waals surface area contributed by atoms with E-state index in [-0.39, 0.29) is 0 Å². The molecule has 2 aromatic rings. The van der Waals surface area contributed by atoms with Gasteiger partial charge in [0.25, 0.3) is 0 Å². The summed E-state index contributed by atoms with van der Waals surface area (Å²) in [6.07, 6.45) is -5.61. The van der Waals surface area contributed by atoms with Crippen LogP contribution in [0.5, 0.6) is 0 Å². The normalized spacial score (nSPS) is 14.1. The van der Waals surface area contributed by atoms with Crippen molar-refractivity contribution in [3.05, 3.63) is 17.3 Å². The number of aryl methyl sites for hydroxylation is 1. The van der Waals surface area contributed by atoms with Gasteiger partial charge in [0, 0.05) is 5.75 Å². The molecule has 8 heteroatoms. The Labute approximate surface area is 109 Å². The monoisotopic (exact) mass is 294 g/mol. The number of halogens is 3. The van der Waals surface area contributed by atoms with E-state index in [1.165, 1.54) is 17.7 Å². The molecule has 0 aliphatic rings. The summed E-state index contributed by atoms with van der Waals surface area (Å²) >= 11 is 2.28. The molecule has 1 N–H and O–H groups in total. The number of aliphatic hydroxyl groups is 1. The number of hydrogen-bond acceptors (Lipinski definition) is 5. The van der Waals surface area contributed by atoms with Gasteiger partial charge < -0.3 is 5.11 Å². The minimum Gasteiger partial charge on any atom is -0.383 e. The molecule has 0 aliphatic heterocycles. The fourth-order valence-corrected chi connectivity index (χ4v) is 3.36. The van der Waals surface area contributed by atoms with Crippen LogP contribution in [0.15, 0.2) is 16.7 Å². The fourth-order valence-electron chi connectivity index (χ4n) is 1.30. The molecule has 0 radical (unpaired) electrons. The summed E-state index contributed by atoms with van der Waals surface area (Å²) in [5.74, 6) is -0.466. The van der Waals surface area contributed by atoms with E-state index in [0.717, 1.165) is 27.5 Å². The molecule has 3 nitrogen and oxygen atoms in total. The topological polar surface area (TPSA) is 46.0 Å². The first-order valence-corrected chi connectivity index (χ1v) is 6.82. The van der Waals surface area contributed by atoms with E-state index in [1.54, 1.807) is 0 Å². The Hall–Kier alpha value is -0.860. The molecule has 0 aliphatic carbocycles. The van der Waals surface area contributed by atoms with Crippen LogP contribution in [-0.4, -0.2) is 33.1 Å². The predicted molar refractivity (Wildman–Crippen MR) is 64.9 cm³/mol. The highest BCUT2D eigenvalue weighted by atomic mass is 32.2. The number of hydrogen-bond donors (Lipinski definition) is 1. The average Bonchev–Trinajstić information content (AvgIpc) is 2.67. The number of rotatable bonds is 3. The van der Waals surface area contributed by atoms with Gasteiger partial charge >= 0.3 is 6.18 Å². The molecule has 2 rings (SSSR count). The van der Waals surface area contributed by atoms with E-state index in [4.69, 9.17) is 5.11 Å². The van der Waals surface area contributed by atoms with Crippen LogP contribution in [0.2, 0.25) is 0 Å². The summed E-state index contributed by atoms with van der Waals surface area (Å²) in [6, 6.07) is 0. The van der Waals surface area contributed by atoms with Gasteiger partial charge in [-0.1, -0.05) is 0 Å². The Kier molecular flexibility index (Phi) is 3.79. The Morgan fingerprint density at radius 2 is 2.17 bits per heavy atom. The SMILES string of the molecule is Cc1csc2c(SC[C@@H](O)C(F)(F)F)ncnc12. The standard InChI is InChI=1S/C10H9F3N2OS2/c1-5-2-17-8-7(5)14-4-15-9(8)18-3-6(16)10(11,12)13/h2,4,6,16H,3H2,1H3/t6-/m1/s1. The summed E-state index contributed by atoms with van der Waals surface area (Å²) in [5, 5.41) is 11.3. The van der Waals surface area contributed by atoms with Crippen molar-refractivity contribution in [3.8, 4) is 0 Å². The first kappa shape index (κ1) is 13.6. The van der Waals surface area contributed by atoms with Gasteiger partial charge in [-0.25, -0.2) is 9.97 Å². The third kappa shape index (κ3) is 2.76. The second-order valence-electron chi connectivity index (χ2n) is 3.64. The quantitative estimate of drug-likeness (QED) is 0.698. The molecule has 0 saturated carbocycles. The van der Waals surface area contributed by atoms with Crippen LogP contribution in [-0.2, 0) is 0 Å². The van der Waals surface area contributed by atoms with Gasteiger partial charge in [0.1, 0.15) is 11.4 Å². The smallest absolute Gasteiger partial charge is 0.383 e. The Morgan fingerprint density at radius 1 is 1.44 bits per heavy atom. The number of nitrogens with zero attached hydrogens (tertiary/aromatic N) is 2. The molecular formula is C10H9F3N2OS2. The van der Waals surface area contributed by atoms with Crippen LogP contribution in [0, 0.1) is 6.92 Å². The van der Waals surface area contributed by atoms with Crippen molar-refractivity contribution < 1.29 is 18.3 Å². The van der Waals surface area contributed by atoms with Crippen molar-refractivity contribution in [1.29, 1.82) is 0 Å². The van der Waals surface area contributed by atoms with Crippen molar-refractivity contribution in [2.24, 2.45) is 0 Å². The number of thiophene rings is 1. The highest BCUT2D eigenvalue weighted by molar-refractivity contribution is 7.99. The molecule has 2 heterocycles. The zero-order valence-corrected chi connectivity index (χ0v) is 10.9. The lowest BCUT2D eigenvalue weighted by atomic mass is 10.3. The molecule has 0 fully saturated rings. The maximum absolute atomic E-state index is 12.2. The molecule has 2 aromatic heterocycles. The number of alkyl halides is 3. The second kappa shape index (κ2) is 5.02. The third-order valence-electron chi connectivity index (χ3n) is 2.25. The maximum Gasteiger partial charge on any atom is 0.415 e. The van der Waals surface area contributed by atoms with E-state index >= 15 is 0 Å². The van der Waals surface area contributed by atoms with Gasteiger partial charge in [-0.3, -0.25) is 0 Å². The van der Waals surface area contributed by atoms with Crippen LogP contribution in [0.4, 0.5) is 13.2 Å². The average molecular weight is 294 g/mol. The van der Waals surface area contributed by atoms with Crippen LogP contribution >= 0.6 is 23.1 Å². The maximum atomic E-state index is 12.2. The summed E-state index contributed by atoms with van der Waals surface area (Å²) < 4.78 is 37.3. The Bertz CT molecular complexity index is 556. The summed E-state index contributed by atoms with van der Waals surface area (Å²) in [4.78, 5) is 8.04. The molecule has 1 atom stereocenters. The van der Waals surface area contributed by atoms with Crippen LogP contribution in [0.3, 0.4) is 0 Å². The second-order valence-corrected chi connectivity index (χ2v) is 5.53. The fraction of sp³-hybridized carbons (Fsp3) is 0.400. The van der Waals surface area contributed by atoms with Gasteiger partial charge in [0.05, 0.1) is 10.2 Å². The number of fused-ring (bicyclic) bond motifs is 1. The number of thioether (sulfide) groups is 1. The molecule has 0 aromatic carbocycles. The molecule has 18 heavy (non-hydrogen) atoms. The molecule has 98 valence electrons. The van der Waals surface area contributed by atoms with E-state index in [1.807, 2.05) is 12.3 Å². The molecule has 0 spiro atoms. The molecule has 0 unspecified atom stereocenters. The molecule has 0 saturated heterocycles. The Balaban J connectivity index is 2.18. The van der Waals surface area contributed by atoms with Crippen molar-refractivity contribution >= 4 is 33.3 Å². The lowest BCUT2D eigenvalue weighted by molar-refractivity contribution is -0.195. The zero-order valence-electron chi connectivity index (χ0n) is 9.23. The summed E-state index contributed by atoms with van der Waals surface area (Å²) in [6.45, 7) is 1.88. The van der Waals surface area contributed by atoms with Crippen molar-refractivity contribution in [2.75, 3.05) is 5.75 Å². The summed E-state index contributed by atoms with van der Waals surface area (Å²) in [5.41, 5.74) is 1.72. The van der Waals surface area contributed by atoms with Crippen molar-refractivity contribution in [3.63, 3.8) is 0 Å². The largest absolute Gasteiger partial charge is 0.415 e. The first-order chi connectivity index (χ1) is 8.39. The third-order valence-corrected chi connectivity index (χ3v) is 4.54. The molecular weight excluding hydrogens is 285 g/mol. The summed E-state index contributed by atoms with van der Waals surface area (Å²) in [7, 11) is 0. The van der Waals surface area contributed by atoms with Crippen LogP contribution < -0.4 is 0 Å².